The van der Waals surface area contributed by atoms with Gasteiger partial charge >= 0.3 is 5.82 Å². The van der Waals surface area contributed by atoms with Gasteiger partial charge in [0.1, 0.15) is 11.5 Å². The molecule has 0 spiro atoms. The van der Waals surface area contributed by atoms with Crippen LogP contribution in [-0.2, 0) is 6.42 Å². The third-order valence-electron chi connectivity index (χ3n) is 2.39. The topological polar surface area (TPSA) is 115 Å². The van der Waals surface area contributed by atoms with E-state index in [9.17, 15) is 14.5 Å². The number of benzene rings is 1. The quantitative estimate of drug-likeness (QED) is 0.394. The fourth-order valence-corrected chi connectivity index (χ4v) is 1.92. The van der Waals surface area contributed by atoms with E-state index in [1.165, 1.54) is 18.2 Å². The molecular formula is C10H6BrFN4O4. The van der Waals surface area contributed by atoms with Gasteiger partial charge in [0, 0.05) is 6.42 Å². The van der Waals surface area contributed by atoms with Gasteiger partial charge in [-0.3, -0.25) is 0 Å². The molecule has 10 heteroatoms. The van der Waals surface area contributed by atoms with E-state index in [0.29, 0.717) is 5.56 Å². The minimum absolute atomic E-state index is 0.00949. The molecule has 0 atom stereocenters. The molecule has 0 fully saturated rings. The minimum Gasteiger partial charge on any atom is -0.411 e. The van der Waals surface area contributed by atoms with Crippen molar-refractivity contribution in [1.29, 1.82) is 0 Å². The Hall–Kier alpha value is -2.36. The summed E-state index contributed by atoms with van der Waals surface area (Å²) in [6.45, 7) is 0. The largest absolute Gasteiger partial charge is 0.444 e. The molecule has 2 rings (SSSR count). The van der Waals surface area contributed by atoms with Gasteiger partial charge in [-0.2, -0.15) is 0 Å². The summed E-state index contributed by atoms with van der Waals surface area (Å²) in [5.41, 5.74) is 0.165. The molecule has 1 N–H and O–H groups in total. The Kier molecular flexibility index (Phi) is 4.03. The lowest BCUT2D eigenvalue weighted by Crippen LogP contribution is -2.09. The number of halogens is 2. The lowest BCUT2D eigenvalue weighted by molar-refractivity contribution is -0.391. The Bertz CT molecular complexity index is 688. The molecule has 0 aliphatic carbocycles. The van der Waals surface area contributed by atoms with Crippen molar-refractivity contribution in [2.45, 2.75) is 6.42 Å². The summed E-state index contributed by atoms with van der Waals surface area (Å²) in [5, 5.41) is 29.1. The predicted octanol–water partition coefficient (Wildman–Crippen LogP) is 2.30. The molecule has 104 valence electrons. The predicted molar refractivity (Wildman–Crippen MR) is 67.1 cm³/mol. The fraction of sp³-hybridized carbons (Fsp3) is 0.100. The summed E-state index contributed by atoms with van der Waals surface area (Å²) in [6.07, 6.45) is -0.00949. The van der Waals surface area contributed by atoms with Crippen molar-refractivity contribution < 1.29 is 19.2 Å². The Morgan fingerprint density at radius 3 is 2.90 bits per heavy atom. The van der Waals surface area contributed by atoms with E-state index in [1.807, 2.05) is 0 Å². The van der Waals surface area contributed by atoms with Crippen molar-refractivity contribution in [3.8, 4) is 0 Å². The van der Waals surface area contributed by atoms with Crippen LogP contribution in [0, 0.1) is 15.9 Å². The van der Waals surface area contributed by atoms with Gasteiger partial charge in [0.2, 0.25) is 5.69 Å². The lowest BCUT2D eigenvalue weighted by atomic mass is 10.1. The van der Waals surface area contributed by atoms with Crippen LogP contribution in [0.3, 0.4) is 0 Å². The summed E-state index contributed by atoms with van der Waals surface area (Å²) in [5.74, 6) is -1.11. The minimum atomic E-state index is -0.808. The second-order valence-corrected chi connectivity index (χ2v) is 4.52. The molecular weight excluding hydrogens is 339 g/mol. The second kappa shape index (κ2) is 5.74. The molecule has 0 bridgehead atoms. The maximum atomic E-state index is 13.1. The summed E-state index contributed by atoms with van der Waals surface area (Å²) in [4.78, 5) is 9.90. The zero-order valence-electron chi connectivity index (χ0n) is 9.66. The SMILES string of the molecule is O=[N+]([O-])c1nonc1C(Cc1ccc(F)c(Br)c1)=NO. The van der Waals surface area contributed by atoms with E-state index >= 15 is 0 Å². The first-order valence-corrected chi connectivity index (χ1v) is 5.94. The van der Waals surface area contributed by atoms with Crippen LogP contribution in [0.4, 0.5) is 10.2 Å². The molecule has 1 aromatic carbocycles. The summed E-state index contributed by atoms with van der Waals surface area (Å²) >= 11 is 3.01. The second-order valence-electron chi connectivity index (χ2n) is 3.67. The average molecular weight is 345 g/mol. The molecule has 20 heavy (non-hydrogen) atoms. The summed E-state index contributed by atoms with van der Waals surface area (Å²) in [7, 11) is 0. The number of nitrogens with zero attached hydrogens (tertiary/aromatic N) is 4. The molecule has 1 aromatic heterocycles. The fourth-order valence-electron chi connectivity index (χ4n) is 1.49. The number of aromatic nitrogens is 2. The van der Waals surface area contributed by atoms with E-state index in [4.69, 9.17) is 5.21 Å². The van der Waals surface area contributed by atoms with Crippen molar-refractivity contribution in [3.05, 3.63) is 49.9 Å². The third kappa shape index (κ3) is 2.79. The molecule has 0 radical (unpaired) electrons. The van der Waals surface area contributed by atoms with Crippen molar-refractivity contribution >= 4 is 27.5 Å². The molecule has 0 saturated carbocycles. The number of hydrogen-bond donors (Lipinski definition) is 1. The number of hydrogen-bond acceptors (Lipinski definition) is 7. The van der Waals surface area contributed by atoms with Crippen LogP contribution in [-0.4, -0.2) is 26.2 Å². The molecule has 0 amide bonds. The highest BCUT2D eigenvalue weighted by atomic mass is 79.9. The Balaban J connectivity index is 2.32. The van der Waals surface area contributed by atoms with E-state index in [1.54, 1.807) is 0 Å². The van der Waals surface area contributed by atoms with Crippen LogP contribution in [0.2, 0.25) is 0 Å². The molecule has 2 aromatic rings. The van der Waals surface area contributed by atoms with Crippen LogP contribution in [0.1, 0.15) is 11.3 Å². The van der Waals surface area contributed by atoms with Crippen molar-refractivity contribution in [2.24, 2.45) is 5.16 Å². The zero-order valence-corrected chi connectivity index (χ0v) is 11.2. The highest BCUT2D eigenvalue weighted by molar-refractivity contribution is 9.10. The van der Waals surface area contributed by atoms with Gasteiger partial charge < -0.3 is 15.3 Å². The van der Waals surface area contributed by atoms with E-state index in [2.05, 4.69) is 36.0 Å². The molecule has 0 aliphatic rings. The van der Waals surface area contributed by atoms with Crippen LogP contribution < -0.4 is 0 Å². The third-order valence-corrected chi connectivity index (χ3v) is 3.00. The highest BCUT2D eigenvalue weighted by Gasteiger charge is 2.27. The van der Waals surface area contributed by atoms with Crippen LogP contribution >= 0.6 is 15.9 Å². The molecule has 1 heterocycles. The Morgan fingerprint density at radius 2 is 2.30 bits per heavy atom. The Labute approximate surface area is 119 Å². The van der Waals surface area contributed by atoms with Gasteiger partial charge in [0.15, 0.2) is 5.16 Å². The number of nitro groups is 1. The van der Waals surface area contributed by atoms with Gasteiger partial charge in [-0.1, -0.05) is 11.2 Å². The smallest absolute Gasteiger partial charge is 0.411 e. The first-order valence-electron chi connectivity index (χ1n) is 5.15. The highest BCUT2D eigenvalue weighted by Crippen LogP contribution is 2.20. The lowest BCUT2D eigenvalue weighted by Gasteiger charge is -2.02. The van der Waals surface area contributed by atoms with Gasteiger partial charge in [0.05, 0.1) is 4.47 Å². The molecule has 0 aliphatic heterocycles. The van der Waals surface area contributed by atoms with Gasteiger partial charge in [-0.25, -0.2) is 4.39 Å². The van der Waals surface area contributed by atoms with Crippen LogP contribution in [0.5, 0.6) is 0 Å². The van der Waals surface area contributed by atoms with Gasteiger partial charge in [-0.05, 0) is 43.7 Å². The molecule has 0 unspecified atom stereocenters. The van der Waals surface area contributed by atoms with Crippen molar-refractivity contribution in [3.63, 3.8) is 0 Å². The number of oxime groups is 1. The normalized spacial score (nSPS) is 11.6. The van der Waals surface area contributed by atoms with E-state index in [0.717, 1.165) is 0 Å². The van der Waals surface area contributed by atoms with Gasteiger partial charge in [0.25, 0.3) is 0 Å². The van der Waals surface area contributed by atoms with Crippen molar-refractivity contribution in [1.82, 2.24) is 10.3 Å². The summed E-state index contributed by atoms with van der Waals surface area (Å²) < 4.78 is 17.6. The van der Waals surface area contributed by atoms with Crippen LogP contribution in [0.15, 0.2) is 32.5 Å². The standard InChI is InChI=1S/C10H6BrFN4O4/c11-6-3-5(1-2-7(6)12)4-8(13-17)9-10(16(18)19)15-20-14-9/h1-3,17H,4H2. The monoisotopic (exact) mass is 344 g/mol. The van der Waals surface area contributed by atoms with Crippen LogP contribution in [0.25, 0.3) is 0 Å². The molecule has 8 nitrogen and oxygen atoms in total. The van der Waals surface area contributed by atoms with Gasteiger partial charge in [-0.15, -0.1) is 4.63 Å². The van der Waals surface area contributed by atoms with E-state index < -0.39 is 16.6 Å². The first kappa shape index (κ1) is 14.1. The molecule has 0 saturated heterocycles. The maximum Gasteiger partial charge on any atom is 0.444 e. The Morgan fingerprint density at radius 1 is 1.55 bits per heavy atom. The first-order chi connectivity index (χ1) is 9.52. The number of rotatable bonds is 4. The zero-order chi connectivity index (χ0) is 14.7. The average Bonchev–Trinajstić information content (AvgIpc) is 2.89. The van der Waals surface area contributed by atoms with Crippen molar-refractivity contribution in [2.75, 3.05) is 0 Å². The van der Waals surface area contributed by atoms with E-state index in [-0.39, 0.29) is 22.3 Å². The summed E-state index contributed by atoms with van der Waals surface area (Å²) in [6, 6.07) is 4.12. The maximum absolute atomic E-state index is 13.1.